The van der Waals surface area contributed by atoms with Crippen molar-refractivity contribution < 1.29 is 27.9 Å². The maximum absolute atomic E-state index is 13.2. The summed E-state index contributed by atoms with van der Waals surface area (Å²) in [5.74, 6) is -0.666. The summed E-state index contributed by atoms with van der Waals surface area (Å²) in [7, 11) is -4.13. The van der Waals surface area contributed by atoms with Gasteiger partial charge >= 0.3 is 5.97 Å². The lowest BCUT2D eigenvalue weighted by molar-refractivity contribution is -0.139. The quantitative estimate of drug-likeness (QED) is 0.159. The van der Waals surface area contributed by atoms with Crippen LogP contribution >= 0.6 is 0 Å². The first-order chi connectivity index (χ1) is 21.7. The summed E-state index contributed by atoms with van der Waals surface area (Å²) in [5, 5.41) is 21.7. The molecule has 0 radical (unpaired) electrons. The van der Waals surface area contributed by atoms with Gasteiger partial charge in [0.25, 0.3) is 0 Å². The van der Waals surface area contributed by atoms with Crippen molar-refractivity contribution in [2.75, 3.05) is 39.3 Å². The van der Waals surface area contributed by atoms with Crippen molar-refractivity contribution in [3.05, 3.63) is 29.8 Å². The lowest BCUT2D eigenvalue weighted by atomic mass is 9.84. The number of rotatable bonds is 16. The molecule has 45 heavy (non-hydrogen) atoms. The molecule has 2 amide bonds. The Hall–Kier alpha value is -2.54. The van der Waals surface area contributed by atoms with Crippen LogP contribution < -0.4 is 26.0 Å². The molecule has 1 aromatic rings. The first-order valence-electron chi connectivity index (χ1n) is 17.0. The van der Waals surface area contributed by atoms with Crippen molar-refractivity contribution in [1.82, 2.24) is 26.0 Å². The second-order valence-corrected chi connectivity index (χ2v) is 14.9. The van der Waals surface area contributed by atoms with Crippen LogP contribution in [-0.4, -0.2) is 76.6 Å². The van der Waals surface area contributed by atoms with Gasteiger partial charge in [0, 0.05) is 12.5 Å². The van der Waals surface area contributed by atoms with Gasteiger partial charge in [-0.3, -0.25) is 14.4 Å². The summed E-state index contributed by atoms with van der Waals surface area (Å²) in [6.45, 7) is 3.30. The summed E-state index contributed by atoms with van der Waals surface area (Å²) in [6, 6.07) is 5.06. The fourth-order valence-corrected chi connectivity index (χ4v) is 8.19. The van der Waals surface area contributed by atoms with Crippen LogP contribution in [0.5, 0.6) is 0 Å². The Bertz CT molecular complexity index is 1170. The average Bonchev–Trinajstić information content (AvgIpc) is 3.06. The summed E-state index contributed by atoms with van der Waals surface area (Å²) in [4.78, 5) is 37.7. The SMILES string of the molecule is O=C(CNC(=O)C(CCC1CCNCC1)CCC1CCNCC1)NCC(NS(=O)(=O)c1ccc(C2CCCCC2)cc1)C(=O)O. The van der Waals surface area contributed by atoms with Crippen LogP contribution in [0.3, 0.4) is 0 Å². The van der Waals surface area contributed by atoms with E-state index in [0.29, 0.717) is 17.8 Å². The Balaban J connectivity index is 1.25. The van der Waals surface area contributed by atoms with Gasteiger partial charge in [-0.05, 0) is 126 Å². The van der Waals surface area contributed by atoms with E-state index < -0.39 is 34.5 Å². The number of carbonyl (C=O) groups is 3. The molecule has 0 bridgehead atoms. The monoisotopic (exact) mass is 647 g/mol. The van der Waals surface area contributed by atoms with E-state index >= 15 is 0 Å². The van der Waals surface area contributed by atoms with Crippen molar-refractivity contribution >= 4 is 27.8 Å². The minimum Gasteiger partial charge on any atom is -0.480 e. The average molecular weight is 648 g/mol. The third kappa shape index (κ3) is 11.6. The van der Waals surface area contributed by atoms with Crippen LogP contribution in [0.15, 0.2) is 29.2 Å². The normalized spacial score (nSPS) is 19.7. The molecule has 2 aliphatic heterocycles. The molecule has 252 valence electrons. The molecule has 0 aromatic heterocycles. The molecule has 1 aliphatic carbocycles. The van der Waals surface area contributed by atoms with Crippen molar-refractivity contribution in [1.29, 1.82) is 0 Å². The summed E-state index contributed by atoms with van der Waals surface area (Å²) in [5.41, 5.74) is 1.09. The van der Waals surface area contributed by atoms with Crippen molar-refractivity contribution in [3.63, 3.8) is 0 Å². The number of carboxylic acids is 1. The molecule has 3 aliphatic rings. The Morgan fingerprint density at radius 1 is 0.800 bits per heavy atom. The minimum atomic E-state index is -4.13. The van der Waals surface area contributed by atoms with E-state index in [1.54, 1.807) is 12.1 Å². The predicted molar refractivity (Wildman–Crippen MR) is 173 cm³/mol. The third-order valence-corrected chi connectivity index (χ3v) is 11.4. The van der Waals surface area contributed by atoms with E-state index in [1.807, 2.05) is 0 Å². The van der Waals surface area contributed by atoms with Gasteiger partial charge in [0.05, 0.1) is 11.4 Å². The molecule has 1 unspecified atom stereocenters. The second kappa shape index (κ2) is 18.0. The van der Waals surface area contributed by atoms with Crippen LogP contribution in [0.2, 0.25) is 0 Å². The standard InChI is InChI=1S/C33H53N5O6S/c39-31(23-37-32(40)28(8-6-24-14-18-34-19-15-24)9-7-25-16-20-35-21-17-25)36-22-30(33(41)42)38-45(43,44)29-12-10-27(11-13-29)26-4-2-1-3-5-26/h10-13,24-26,28,30,34-35,38H,1-9,14-23H2,(H,36,39)(H,37,40)(H,41,42). The molecule has 4 rings (SSSR count). The maximum atomic E-state index is 13.2. The van der Waals surface area contributed by atoms with Gasteiger partial charge in [0.2, 0.25) is 21.8 Å². The van der Waals surface area contributed by atoms with E-state index in [2.05, 4.69) is 26.0 Å². The zero-order chi connectivity index (χ0) is 32.1. The van der Waals surface area contributed by atoms with Gasteiger partial charge in [-0.2, -0.15) is 4.72 Å². The lowest BCUT2D eigenvalue weighted by Crippen LogP contribution is -2.50. The highest BCUT2D eigenvalue weighted by Crippen LogP contribution is 2.33. The molecule has 6 N–H and O–H groups in total. The number of benzene rings is 1. The zero-order valence-electron chi connectivity index (χ0n) is 26.5. The highest BCUT2D eigenvalue weighted by atomic mass is 32.2. The molecule has 12 heteroatoms. The molecule has 2 saturated heterocycles. The van der Waals surface area contributed by atoms with Crippen molar-refractivity contribution in [3.8, 4) is 0 Å². The topological polar surface area (TPSA) is 166 Å². The largest absolute Gasteiger partial charge is 0.480 e. The molecule has 2 heterocycles. The van der Waals surface area contributed by atoms with E-state index in [9.17, 15) is 27.9 Å². The highest BCUT2D eigenvalue weighted by Gasteiger charge is 2.28. The number of carbonyl (C=O) groups excluding carboxylic acids is 2. The molecular weight excluding hydrogens is 594 g/mol. The number of amides is 2. The maximum Gasteiger partial charge on any atom is 0.323 e. The Morgan fingerprint density at radius 3 is 1.89 bits per heavy atom. The fraction of sp³-hybridized carbons (Fsp3) is 0.727. The molecule has 1 aromatic carbocycles. The summed E-state index contributed by atoms with van der Waals surface area (Å²) in [6.07, 6.45) is 13.7. The third-order valence-electron chi connectivity index (χ3n) is 9.92. The number of carboxylic acid groups (broad SMARTS) is 1. The van der Waals surface area contributed by atoms with Crippen LogP contribution in [0.25, 0.3) is 0 Å². The van der Waals surface area contributed by atoms with Crippen LogP contribution in [-0.2, 0) is 24.4 Å². The van der Waals surface area contributed by atoms with E-state index in [0.717, 1.165) is 96.0 Å². The number of hydrogen-bond donors (Lipinski definition) is 6. The van der Waals surface area contributed by atoms with Gasteiger partial charge in [-0.15, -0.1) is 0 Å². The lowest BCUT2D eigenvalue weighted by Gasteiger charge is -2.27. The molecule has 1 saturated carbocycles. The Morgan fingerprint density at radius 2 is 1.36 bits per heavy atom. The van der Waals surface area contributed by atoms with Crippen LogP contribution in [0.4, 0.5) is 0 Å². The van der Waals surface area contributed by atoms with Gasteiger partial charge in [0.15, 0.2) is 0 Å². The van der Waals surface area contributed by atoms with E-state index in [1.165, 1.54) is 31.4 Å². The van der Waals surface area contributed by atoms with Gasteiger partial charge in [0.1, 0.15) is 6.04 Å². The molecule has 3 fully saturated rings. The first-order valence-corrected chi connectivity index (χ1v) is 18.5. The Kier molecular flexibility index (Phi) is 14.1. The molecule has 11 nitrogen and oxygen atoms in total. The summed E-state index contributed by atoms with van der Waals surface area (Å²) < 4.78 is 28.1. The van der Waals surface area contributed by atoms with Gasteiger partial charge < -0.3 is 26.4 Å². The Labute approximate surface area is 268 Å². The first kappa shape index (κ1) is 35.3. The van der Waals surface area contributed by atoms with Crippen LogP contribution in [0, 0.1) is 17.8 Å². The number of piperidine rings is 2. The van der Waals surface area contributed by atoms with E-state index in [-0.39, 0.29) is 23.3 Å². The molecule has 1 atom stereocenters. The van der Waals surface area contributed by atoms with Gasteiger partial charge in [-0.25, -0.2) is 8.42 Å². The number of sulfonamides is 1. The fourth-order valence-electron chi connectivity index (χ4n) is 7.00. The molecular formula is C33H53N5O6S. The van der Waals surface area contributed by atoms with Crippen molar-refractivity contribution in [2.45, 2.75) is 100 Å². The summed E-state index contributed by atoms with van der Waals surface area (Å²) >= 11 is 0. The minimum absolute atomic E-state index is 0.0214. The second-order valence-electron chi connectivity index (χ2n) is 13.2. The number of nitrogens with one attached hydrogen (secondary N) is 5. The number of aliphatic carboxylic acids is 1. The number of hydrogen-bond acceptors (Lipinski definition) is 7. The molecule has 0 spiro atoms. The highest BCUT2D eigenvalue weighted by molar-refractivity contribution is 7.89. The smallest absolute Gasteiger partial charge is 0.323 e. The zero-order valence-corrected chi connectivity index (χ0v) is 27.3. The van der Waals surface area contributed by atoms with Crippen LogP contribution in [0.1, 0.15) is 95.0 Å². The predicted octanol–water partition coefficient (Wildman–Crippen LogP) is 2.87. The van der Waals surface area contributed by atoms with E-state index in [4.69, 9.17) is 0 Å². The van der Waals surface area contributed by atoms with Gasteiger partial charge in [-0.1, -0.05) is 31.4 Å². The van der Waals surface area contributed by atoms with Crippen molar-refractivity contribution in [2.24, 2.45) is 17.8 Å².